The molecular weight excluding hydrogens is 269 g/mol. The second-order valence-electron chi connectivity index (χ2n) is 3.85. The van der Waals surface area contributed by atoms with Crippen LogP contribution < -0.4 is 4.74 Å². The van der Waals surface area contributed by atoms with Gasteiger partial charge in [0.1, 0.15) is 5.75 Å². The molecule has 0 radical (unpaired) electrons. The highest BCUT2D eigenvalue weighted by molar-refractivity contribution is 6.43. The Bertz CT molecular complexity index is 658. The van der Waals surface area contributed by atoms with Crippen molar-refractivity contribution in [3.05, 3.63) is 48.5 Å². The summed E-state index contributed by atoms with van der Waals surface area (Å²) in [6.07, 6.45) is 0. The Hall–Kier alpha value is -1.51. The van der Waals surface area contributed by atoms with Crippen LogP contribution in [-0.2, 0) is 0 Å². The van der Waals surface area contributed by atoms with Crippen LogP contribution in [0, 0.1) is 0 Å². The second kappa shape index (κ2) is 4.63. The van der Waals surface area contributed by atoms with E-state index in [4.69, 9.17) is 27.9 Å². The largest absolute Gasteiger partial charge is 0.459 e. The molecule has 2 aromatic carbocycles. The lowest BCUT2D eigenvalue weighted by atomic mass is 10.1. The predicted octanol–water partition coefficient (Wildman–Crippen LogP) is 4.53. The fraction of sp³-hybridized carbons (Fsp3) is 0.0714. The maximum absolute atomic E-state index is 5.74. The van der Waals surface area contributed by atoms with Crippen LogP contribution in [0.5, 0.6) is 5.75 Å². The molecule has 90 valence electrons. The first-order chi connectivity index (χ1) is 8.75. The quantitative estimate of drug-likeness (QED) is 0.507. The molecule has 0 spiro atoms. The summed E-state index contributed by atoms with van der Waals surface area (Å²) >= 11 is 11.5. The van der Waals surface area contributed by atoms with E-state index >= 15 is 0 Å². The van der Waals surface area contributed by atoms with Crippen LogP contribution in [0.4, 0.5) is 0 Å². The molecule has 0 atom stereocenters. The number of hydrogen-bond donors (Lipinski definition) is 0. The van der Waals surface area contributed by atoms with E-state index in [1.165, 1.54) is 0 Å². The number of pyridine rings is 1. The van der Waals surface area contributed by atoms with Crippen molar-refractivity contribution in [2.75, 3.05) is 0 Å². The van der Waals surface area contributed by atoms with Crippen molar-refractivity contribution in [3.63, 3.8) is 0 Å². The van der Waals surface area contributed by atoms with Crippen molar-refractivity contribution in [1.29, 1.82) is 0 Å². The fourth-order valence-electron chi connectivity index (χ4n) is 2.02. The minimum absolute atomic E-state index is 0.672. The Kier molecular flexibility index (Phi) is 2.98. The molecule has 0 aliphatic rings. The van der Waals surface area contributed by atoms with E-state index < -0.39 is 5.02 Å². The van der Waals surface area contributed by atoms with Gasteiger partial charge >= 0.3 is 0 Å². The molecule has 0 fully saturated rings. The van der Waals surface area contributed by atoms with Crippen molar-refractivity contribution in [2.45, 2.75) is 5.02 Å². The molecule has 0 N–H and O–H groups in total. The number of hydrogen-bond acceptors (Lipinski definition) is 2. The number of ether oxygens (including phenoxy) is 1. The third kappa shape index (κ3) is 1.98. The third-order valence-corrected chi connectivity index (χ3v) is 2.92. The van der Waals surface area contributed by atoms with Gasteiger partial charge in [0.05, 0.1) is 11.0 Å². The van der Waals surface area contributed by atoms with Gasteiger partial charge in [-0.3, -0.25) is 0 Å². The first-order valence-electron chi connectivity index (χ1n) is 5.48. The number of fused-ring (bicyclic) bond motifs is 2. The van der Waals surface area contributed by atoms with Gasteiger partial charge in [-0.15, -0.1) is 0 Å². The number of nitrogens with zero attached hydrogens (tertiary/aromatic N) is 1. The Morgan fingerprint density at radius 1 is 0.833 bits per heavy atom. The molecule has 1 aromatic heterocycles. The van der Waals surface area contributed by atoms with E-state index in [1.54, 1.807) is 0 Å². The number of halogens is 2. The van der Waals surface area contributed by atoms with E-state index in [9.17, 15) is 0 Å². The molecule has 0 bridgehead atoms. The number of aromatic nitrogens is 1. The van der Waals surface area contributed by atoms with Gasteiger partial charge in [-0.05, 0) is 24.3 Å². The van der Waals surface area contributed by atoms with E-state index in [1.807, 2.05) is 48.5 Å². The van der Waals surface area contributed by atoms with Gasteiger partial charge < -0.3 is 4.74 Å². The highest BCUT2D eigenvalue weighted by Gasteiger charge is 2.12. The second-order valence-corrected chi connectivity index (χ2v) is 4.87. The van der Waals surface area contributed by atoms with Gasteiger partial charge in [-0.2, -0.15) is 0 Å². The summed E-state index contributed by atoms with van der Waals surface area (Å²) < 4.78 is 5.53. The number of rotatable bonds is 2. The van der Waals surface area contributed by atoms with E-state index in [2.05, 4.69) is 4.98 Å². The molecule has 0 saturated heterocycles. The maximum atomic E-state index is 5.74. The normalized spacial score (nSPS) is 11.3. The SMILES string of the molecule is ClC(Cl)Oc1c2ccccc2nc2ccccc12. The van der Waals surface area contributed by atoms with Crippen molar-refractivity contribution in [1.82, 2.24) is 4.98 Å². The van der Waals surface area contributed by atoms with Gasteiger partial charge in [-0.1, -0.05) is 47.5 Å². The van der Waals surface area contributed by atoms with Crippen LogP contribution in [0.3, 0.4) is 0 Å². The summed E-state index contributed by atoms with van der Waals surface area (Å²) in [7, 11) is 0. The molecule has 3 rings (SSSR count). The Morgan fingerprint density at radius 2 is 1.33 bits per heavy atom. The van der Waals surface area contributed by atoms with Crippen LogP contribution in [0.1, 0.15) is 0 Å². The summed E-state index contributed by atoms with van der Waals surface area (Å²) in [4.78, 5) is 4.58. The van der Waals surface area contributed by atoms with E-state index in [-0.39, 0.29) is 0 Å². The zero-order valence-electron chi connectivity index (χ0n) is 9.31. The van der Waals surface area contributed by atoms with Crippen molar-refractivity contribution >= 4 is 45.0 Å². The standard InChI is InChI=1S/C14H9Cl2NO/c15-14(16)18-13-9-5-1-3-7-11(9)17-12-8-4-2-6-10(12)13/h1-8,14H. The minimum atomic E-state index is -0.904. The van der Waals surface area contributed by atoms with Crippen LogP contribution in [0.25, 0.3) is 21.8 Å². The zero-order valence-corrected chi connectivity index (χ0v) is 10.8. The van der Waals surface area contributed by atoms with Crippen LogP contribution in [-0.4, -0.2) is 10.0 Å². The van der Waals surface area contributed by atoms with Crippen LogP contribution in [0.15, 0.2) is 48.5 Å². The lowest BCUT2D eigenvalue weighted by Crippen LogP contribution is -2.01. The fourth-order valence-corrected chi connectivity index (χ4v) is 2.20. The van der Waals surface area contributed by atoms with Crippen molar-refractivity contribution in [3.8, 4) is 5.75 Å². The summed E-state index contributed by atoms with van der Waals surface area (Å²) in [6.45, 7) is 0. The number of para-hydroxylation sites is 2. The van der Waals surface area contributed by atoms with Gasteiger partial charge in [0, 0.05) is 10.8 Å². The Morgan fingerprint density at radius 3 is 1.83 bits per heavy atom. The Balaban J connectivity index is 2.41. The predicted molar refractivity (Wildman–Crippen MR) is 75.4 cm³/mol. The molecular formula is C14H9Cl2NO. The first-order valence-corrected chi connectivity index (χ1v) is 6.35. The molecule has 1 heterocycles. The summed E-state index contributed by atoms with van der Waals surface area (Å²) in [5, 5.41) is 0.907. The summed E-state index contributed by atoms with van der Waals surface area (Å²) in [5.41, 5.74) is 1.72. The van der Waals surface area contributed by atoms with Crippen LogP contribution in [0.2, 0.25) is 0 Å². The minimum Gasteiger partial charge on any atom is -0.459 e. The maximum Gasteiger partial charge on any atom is 0.247 e. The molecule has 0 unspecified atom stereocenters. The molecule has 18 heavy (non-hydrogen) atoms. The molecule has 0 amide bonds. The average molecular weight is 278 g/mol. The summed E-state index contributed by atoms with van der Waals surface area (Å²) in [6, 6.07) is 15.5. The van der Waals surface area contributed by atoms with Crippen molar-refractivity contribution in [2.24, 2.45) is 0 Å². The highest BCUT2D eigenvalue weighted by Crippen LogP contribution is 2.34. The molecule has 0 aliphatic heterocycles. The lowest BCUT2D eigenvalue weighted by molar-refractivity contribution is 0.362. The van der Waals surface area contributed by atoms with Gasteiger partial charge in [-0.25, -0.2) is 4.98 Å². The van der Waals surface area contributed by atoms with Gasteiger partial charge in [0.25, 0.3) is 0 Å². The van der Waals surface area contributed by atoms with Crippen molar-refractivity contribution < 1.29 is 4.74 Å². The molecule has 0 aliphatic carbocycles. The monoisotopic (exact) mass is 277 g/mol. The third-order valence-electron chi connectivity index (χ3n) is 2.75. The Labute approximate surface area is 114 Å². The summed E-state index contributed by atoms with van der Waals surface area (Å²) in [5.74, 6) is 0.672. The van der Waals surface area contributed by atoms with Gasteiger partial charge in [0.15, 0.2) is 0 Å². The lowest BCUT2D eigenvalue weighted by Gasteiger charge is -2.12. The van der Waals surface area contributed by atoms with Gasteiger partial charge in [0.2, 0.25) is 5.02 Å². The van der Waals surface area contributed by atoms with E-state index in [0.717, 1.165) is 21.8 Å². The molecule has 0 saturated carbocycles. The molecule has 2 nitrogen and oxygen atoms in total. The van der Waals surface area contributed by atoms with Crippen LogP contribution >= 0.6 is 23.2 Å². The topological polar surface area (TPSA) is 22.1 Å². The highest BCUT2D eigenvalue weighted by atomic mass is 35.5. The number of alkyl halides is 2. The molecule has 3 aromatic rings. The first kappa shape index (κ1) is 11.6. The smallest absolute Gasteiger partial charge is 0.247 e. The van der Waals surface area contributed by atoms with E-state index in [0.29, 0.717) is 5.75 Å². The average Bonchev–Trinajstić information content (AvgIpc) is 2.38. The molecule has 4 heteroatoms. The zero-order chi connectivity index (χ0) is 12.5. The number of benzene rings is 2.